The molecule has 0 bridgehead atoms. The summed E-state index contributed by atoms with van der Waals surface area (Å²) < 4.78 is 23.1. The van der Waals surface area contributed by atoms with Gasteiger partial charge in [0.1, 0.15) is 5.82 Å². The van der Waals surface area contributed by atoms with Gasteiger partial charge in [0.25, 0.3) is 0 Å². The molecule has 2 rings (SSSR count). The second-order valence-corrected chi connectivity index (χ2v) is 5.89. The number of anilines is 1. The van der Waals surface area contributed by atoms with E-state index in [2.05, 4.69) is 9.97 Å². The van der Waals surface area contributed by atoms with Crippen molar-refractivity contribution in [1.29, 1.82) is 0 Å². The minimum Gasteiger partial charge on any atom is -0.398 e. The van der Waals surface area contributed by atoms with E-state index in [9.17, 15) is 8.42 Å². The van der Waals surface area contributed by atoms with Gasteiger partial charge in [0.05, 0.1) is 22.5 Å². The Bertz CT molecular complexity index is 659. The van der Waals surface area contributed by atoms with Crippen molar-refractivity contribution in [1.82, 2.24) is 9.97 Å². The van der Waals surface area contributed by atoms with Crippen molar-refractivity contribution in [3.05, 3.63) is 30.2 Å². The van der Waals surface area contributed by atoms with E-state index in [0.717, 1.165) is 23.3 Å². The van der Waals surface area contributed by atoms with Crippen LogP contribution in [-0.2, 0) is 9.84 Å². The number of aromatic amines is 1. The minimum atomic E-state index is -3.32. The lowest BCUT2D eigenvalue weighted by Crippen LogP contribution is -2.02. The normalized spacial score (nSPS) is 11.6. The smallest absolute Gasteiger partial charge is 0.177 e. The first-order valence-corrected chi connectivity index (χ1v) is 6.88. The molecule has 0 saturated heterocycles. The molecule has 17 heavy (non-hydrogen) atoms. The lowest BCUT2D eigenvalue weighted by Gasteiger charge is -2.05. The summed E-state index contributed by atoms with van der Waals surface area (Å²) in [4.78, 5) is 7.26. The Labute approximate surface area is 99.6 Å². The number of aromatic nitrogens is 2. The Morgan fingerprint density at radius 1 is 1.35 bits per heavy atom. The number of sulfone groups is 1. The number of nitrogens with zero attached hydrogens (tertiary/aromatic N) is 1. The number of nitrogens with one attached hydrogen (secondary N) is 1. The van der Waals surface area contributed by atoms with Crippen LogP contribution in [0.5, 0.6) is 0 Å². The summed E-state index contributed by atoms with van der Waals surface area (Å²) in [5.74, 6) is 0.776. The maximum absolute atomic E-state index is 11.5. The predicted molar refractivity (Wildman–Crippen MR) is 66.3 cm³/mol. The molecule has 0 unspecified atom stereocenters. The Morgan fingerprint density at radius 3 is 2.59 bits per heavy atom. The Hall–Kier alpha value is -1.82. The third-order valence-corrected chi connectivity index (χ3v) is 3.58. The Morgan fingerprint density at radius 2 is 2.06 bits per heavy atom. The van der Waals surface area contributed by atoms with Crippen molar-refractivity contribution in [2.45, 2.75) is 11.8 Å². The fraction of sp³-hybridized carbons (Fsp3) is 0.182. The Balaban J connectivity index is 2.59. The summed E-state index contributed by atoms with van der Waals surface area (Å²) in [7, 11) is -3.32. The number of hydrogen-bond donors (Lipinski definition) is 2. The van der Waals surface area contributed by atoms with Crippen molar-refractivity contribution in [3.8, 4) is 11.3 Å². The molecule has 0 fully saturated rings. The molecule has 0 amide bonds. The summed E-state index contributed by atoms with van der Waals surface area (Å²) in [6, 6.07) is 4.90. The van der Waals surface area contributed by atoms with Crippen LogP contribution in [0.1, 0.15) is 5.82 Å². The molecule has 5 nitrogen and oxygen atoms in total. The number of nitrogens with two attached hydrogens (primary N) is 1. The molecule has 0 aliphatic carbocycles. The fourth-order valence-electron chi connectivity index (χ4n) is 1.59. The van der Waals surface area contributed by atoms with E-state index in [4.69, 9.17) is 5.73 Å². The summed E-state index contributed by atoms with van der Waals surface area (Å²) >= 11 is 0. The minimum absolute atomic E-state index is 0.141. The van der Waals surface area contributed by atoms with Gasteiger partial charge >= 0.3 is 0 Å². The van der Waals surface area contributed by atoms with Gasteiger partial charge in [-0.05, 0) is 19.1 Å². The van der Waals surface area contributed by atoms with Gasteiger partial charge in [-0.25, -0.2) is 13.4 Å². The second kappa shape index (κ2) is 3.89. The molecule has 3 N–H and O–H groups in total. The van der Waals surface area contributed by atoms with Crippen molar-refractivity contribution < 1.29 is 8.42 Å². The number of aryl methyl sites for hydroxylation is 1. The average molecular weight is 251 g/mol. The molecule has 0 spiro atoms. The van der Waals surface area contributed by atoms with E-state index in [0.29, 0.717) is 0 Å². The predicted octanol–water partition coefficient (Wildman–Crippen LogP) is 1.37. The standard InChI is InChI=1S/C11H13N3O2S/c1-7-13-6-10(14-7)8-3-4-9(12)11(5-8)17(2,15)16/h3-6H,12H2,1-2H3,(H,13,14). The van der Waals surface area contributed by atoms with Crippen molar-refractivity contribution in [3.63, 3.8) is 0 Å². The van der Waals surface area contributed by atoms with Gasteiger partial charge in [0.2, 0.25) is 0 Å². The molecule has 1 aromatic heterocycles. The second-order valence-electron chi connectivity index (χ2n) is 3.91. The zero-order valence-corrected chi connectivity index (χ0v) is 10.4. The fourth-order valence-corrected chi connectivity index (χ4v) is 2.43. The van der Waals surface area contributed by atoms with Crippen molar-refractivity contribution in [2.75, 3.05) is 12.0 Å². The molecular weight excluding hydrogens is 238 g/mol. The highest BCUT2D eigenvalue weighted by Crippen LogP contribution is 2.25. The Kier molecular flexibility index (Phi) is 2.66. The van der Waals surface area contributed by atoms with Gasteiger partial charge in [-0.3, -0.25) is 0 Å². The molecule has 1 aromatic carbocycles. The van der Waals surface area contributed by atoms with Crippen LogP contribution in [0.3, 0.4) is 0 Å². The first-order chi connectivity index (χ1) is 7.88. The highest BCUT2D eigenvalue weighted by Gasteiger charge is 2.13. The van der Waals surface area contributed by atoms with Crippen LogP contribution in [-0.4, -0.2) is 24.6 Å². The summed E-state index contributed by atoms with van der Waals surface area (Å²) in [5, 5.41) is 0. The van der Waals surface area contributed by atoms with Gasteiger partial charge in [0.15, 0.2) is 9.84 Å². The highest BCUT2D eigenvalue weighted by atomic mass is 32.2. The lowest BCUT2D eigenvalue weighted by atomic mass is 10.1. The average Bonchev–Trinajstić information content (AvgIpc) is 2.64. The van der Waals surface area contributed by atoms with E-state index in [1.165, 1.54) is 0 Å². The van der Waals surface area contributed by atoms with Crippen LogP contribution in [0.15, 0.2) is 29.3 Å². The summed E-state index contributed by atoms with van der Waals surface area (Å²) in [6.07, 6.45) is 2.80. The molecule has 0 aliphatic rings. The largest absolute Gasteiger partial charge is 0.398 e. The number of H-pyrrole nitrogens is 1. The van der Waals surface area contributed by atoms with E-state index in [1.54, 1.807) is 24.4 Å². The number of nitrogen functional groups attached to an aromatic ring is 1. The molecular formula is C11H13N3O2S. The number of benzene rings is 1. The lowest BCUT2D eigenvalue weighted by molar-refractivity contribution is 0.602. The van der Waals surface area contributed by atoms with Crippen molar-refractivity contribution >= 4 is 15.5 Å². The van der Waals surface area contributed by atoms with Gasteiger partial charge < -0.3 is 10.7 Å². The zero-order chi connectivity index (χ0) is 12.6. The van der Waals surface area contributed by atoms with E-state index >= 15 is 0 Å². The van der Waals surface area contributed by atoms with Crippen LogP contribution in [0.25, 0.3) is 11.3 Å². The van der Waals surface area contributed by atoms with E-state index < -0.39 is 9.84 Å². The molecule has 0 aliphatic heterocycles. The van der Waals surface area contributed by atoms with Crippen LogP contribution in [0.4, 0.5) is 5.69 Å². The van der Waals surface area contributed by atoms with Crippen LogP contribution >= 0.6 is 0 Å². The number of rotatable bonds is 2. The molecule has 90 valence electrons. The molecule has 0 radical (unpaired) electrons. The molecule has 0 atom stereocenters. The topological polar surface area (TPSA) is 88.8 Å². The van der Waals surface area contributed by atoms with Crippen molar-refractivity contribution in [2.24, 2.45) is 0 Å². The SMILES string of the molecule is Cc1ncc(-c2ccc(N)c(S(C)(=O)=O)c2)[nH]1. The summed E-state index contributed by atoms with van der Waals surface area (Å²) in [5.41, 5.74) is 7.43. The number of hydrogen-bond acceptors (Lipinski definition) is 4. The molecule has 6 heteroatoms. The monoisotopic (exact) mass is 251 g/mol. The van der Waals surface area contributed by atoms with E-state index in [1.807, 2.05) is 6.92 Å². The van der Waals surface area contributed by atoms with Crippen LogP contribution in [0, 0.1) is 6.92 Å². The maximum Gasteiger partial charge on any atom is 0.177 e. The first-order valence-electron chi connectivity index (χ1n) is 4.99. The first kappa shape index (κ1) is 11.7. The number of imidazole rings is 1. The zero-order valence-electron chi connectivity index (χ0n) is 9.56. The highest BCUT2D eigenvalue weighted by molar-refractivity contribution is 7.90. The summed E-state index contributed by atoms with van der Waals surface area (Å²) in [6.45, 7) is 1.83. The molecule has 0 saturated carbocycles. The third kappa shape index (κ3) is 2.31. The third-order valence-electron chi connectivity index (χ3n) is 2.43. The van der Waals surface area contributed by atoms with E-state index in [-0.39, 0.29) is 10.6 Å². The molecule has 1 heterocycles. The maximum atomic E-state index is 11.5. The van der Waals surface area contributed by atoms with Crippen LogP contribution in [0.2, 0.25) is 0 Å². The van der Waals surface area contributed by atoms with Gasteiger partial charge in [0, 0.05) is 11.8 Å². The van der Waals surface area contributed by atoms with Crippen LogP contribution < -0.4 is 5.73 Å². The van der Waals surface area contributed by atoms with Gasteiger partial charge in [-0.15, -0.1) is 0 Å². The van der Waals surface area contributed by atoms with Gasteiger partial charge in [-0.1, -0.05) is 6.07 Å². The molecule has 2 aromatic rings. The quantitative estimate of drug-likeness (QED) is 0.789. The van der Waals surface area contributed by atoms with Gasteiger partial charge in [-0.2, -0.15) is 0 Å².